The molecule has 0 radical (unpaired) electrons. The van der Waals surface area contributed by atoms with Crippen LogP contribution < -0.4 is 11.1 Å². The molecule has 1 saturated heterocycles. The maximum Gasteiger partial charge on any atom is 0.239 e. The maximum absolute atomic E-state index is 12.8. The molecule has 0 spiro atoms. The predicted octanol–water partition coefficient (Wildman–Crippen LogP) is -0.0666. The van der Waals surface area contributed by atoms with Gasteiger partial charge >= 0.3 is 0 Å². The van der Waals surface area contributed by atoms with Crippen LogP contribution in [0.4, 0.5) is 0 Å². The van der Waals surface area contributed by atoms with Gasteiger partial charge in [0.05, 0.1) is 24.0 Å². The molecule has 3 N–H and O–H groups in total. The van der Waals surface area contributed by atoms with Crippen molar-refractivity contribution in [3.63, 3.8) is 0 Å². The van der Waals surface area contributed by atoms with Crippen molar-refractivity contribution in [1.29, 1.82) is 0 Å². The highest BCUT2D eigenvalue weighted by Crippen LogP contribution is 2.48. The molecule has 2 bridgehead atoms. The molecule has 7 nitrogen and oxygen atoms in total. The number of fused-ring (bicyclic) bond motifs is 2. The number of rotatable bonds is 5. The Morgan fingerprint density at radius 1 is 1.20 bits per heavy atom. The van der Waals surface area contributed by atoms with Crippen LogP contribution in [0.1, 0.15) is 32.6 Å². The Morgan fingerprint density at radius 3 is 2.40 bits per heavy atom. The second-order valence-corrected chi connectivity index (χ2v) is 9.68. The van der Waals surface area contributed by atoms with Gasteiger partial charge in [0, 0.05) is 18.6 Å². The third kappa shape index (κ3) is 4.28. The summed E-state index contributed by atoms with van der Waals surface area (Å²) in [5, 5.41) is 2.75. The molecule has 3 aliphatic rings. The van der Waals surface area contributed by atoms with E-state index < -0.39 is 9.84 Å². The second-order valence-electron chi connectivity index (χ2n) is 7.46. The molecular weight excluding hydrogens is 366 g/mol. The topological polar surface area (TPSA) is 110 Å². The van der Waals surface area contributed by atoms with Gasteiger partial charge in [-0.15, -0.1) is 12.4 Å². The van der Waals surface area contributed by atoms with E-state index in [9.17, 15) is 18.0 Å². The zero-order valence-electron chi connectivity index (χ0n) is 14.5. The minimum Gasteiger partial charge on any atom is -0.351 e. The van der Waals surface area contributed by atoms with Crippen LogP contribution in [0.15, 0.2) is 0 Å². The number of amides is 2. The zero-order chi connectivity index (χ0) is 17.5. The van der Waals surface area contributed by atoms with E-state index in [4.69, 9.17) is 5.73 Å². The van der Waals surface area contributed by atoms with Crippen LogP contribution in [0, 0.1) is 17.8 Å². The summed E-state index contributed by atoms with van der Waals surface area (Å²) in [6.07, 6.45) is 3.64. The lowest BCUT2D eigenvalue weighted by molar-refractivity contribution is -0.141. The van der Waals surface area contributed by atoms with Crippen molar-refractivity contribution < 1.29 is 18.0 Å². The average Bonchev–Trinajstić information content (AvgIpc) is 3.19. The quantitative estimate of drug-likeness (QED) is 0.679. The van der Waals surface area contributed by atoms with Crippen molar-refractivity contribution in [1.82, 2.24) is 10.2 Å². The molecular formula is C16H28ClN3O4S. The average molecular weight is 394 g/mol. The van der Waals surface area contributed by atoms with Gasteiger partial charge in [-0.05, 0) is 44.4 Å². The molecule has 2 saturated carbocycles. The van der Waals surface area contributed by atoms with Crippen LogP contribution in [-0.4, -0.2) is 61.8 Å². The SMILES string of the molecule is CCN(CC(=O)NC1CCS(=O)(=O)C1)C(=O)C1C2CCC(C2)C1N.Cl. The number of nitrogens with two attached hydrogens (primary N) is 1. The van der Waals surface area contributed by atoms with E-state index in [1.807, 2.05) is 6.92 Å². The summed E-state index contributed by atoms with van der Waals surface area (Å²) in [7, 11) is -3.03. The van der Waals surface area contributed by atoms with Gasteiger partial charge in [-0.25, -0.2) is 8.42 Å². The number of nitrogens with one attached hydrogen (secondary N) is 1. The van der Waals surface area contributed by atoms with Crippen LogP contribution >= 0.6 is 12.4 Å². The molecule has 9 heteroatoms. The largest absolute Gasteiger partial charge is 0.351 e. The molecule has 3 fully saturated rings. The summed E-state index contributed by atoms with van der Waals surface area (Å²) in [5.74, 6) is 0.443. The van der Waals surface area contributed by atoms with E-state index >= 15 is 0 Å². The molecule has 0 aromatic carbocycles. The number of nitrogens with zero attached hydrogens (tertiary/aromatic N) is 1. The van der Waals surface area contributed by atoms with Gasteiger partial charge in [0.25, 0.3) is 0 Å². The summed E-state index contributed by atoms with van der Waals surface area (Å²) in [6.45, 7) is 2.28. The third-order valence-electron chi connectivity index (χ3n) is 5.89. The van der Waals surface area contributed by atoms with E-state index in [-0.39, 0.29) is 60.3 Å². The Morgan fingerprint density at radius 2 is 1.88 bits per heavy atom. The Balaban J connectivity index is 0.00000225. The summed E-state index contributed by atoms with van der Waals surface area (Å²) in [4.78, 5) is 26.6. The van der Waals surface area contributed by atoms with Gasteiger partial charge in [0.15, 0.2) is 9.84 Å². The van der Waals surface area contributed by atoms with Gasteiger partial charge in [0.2, 0.25) is 11.8 Å². The standard InChI is InChI=1S/C16H27N3O4S.ClH/c1-2-19(8-13(20)18-12-5-6-24(22,23)9-12)16(21)14-10-3-4-11(7-10)15(14)17;/h10-12,14-15H,2-9,17H2,1H3,(H,18,20);1H. The highest BCUT2D eigenvalue weighted by Gasteiger charge is 2.50. The van der Waals surface area contributed by atoms with E-state index in [0.717, 1.165) is 19.3 Å². The molecule has 144 valence electrons. The van der Waals surface area contributed by atoms with Crippen LogP contribution in [0.3, 0.4) is 0 Å². The fourth-order valence-electron chi connectivity index (χ4n) is 4.61. The zero-order valence-corrected chi connectivity index (χ0v) is 16.2. The number of carbonyl (C=O) groups excluding carboxylic acids is 2. The first-order valence-corrected chi connectivity index (χ1v) is 10.7. The smallest absolute Gasteiger partial charge is 0.239 e. The van der Waals surface area contributed by atoms with Crippen LogP contribution in [0.5, 0.6) is 0 Å². The monoisotopic (exact) mass is 393 g/mol. The van der Waals surface area contributed by atoms with E-state index in [1.165, 1.54) is 0 Å². The summed E-state index contributed by atoms with van der Waals surface area (Å²) < 4.78 is 22.9. The van der Waals surface area contributed by atoms with Gasteiger partial charge < -0.3 is 16.0 Å². The van der Waals surface area contributed by atoms with Crippen molar-refractivity contribution in [2.24, 2.45) is 23.5 Å². The van der Waals surface area contributed by atoms with Gasteiger partial charge in [0.1, 0.15) is 0 Å². The Labute approximate surface area is 155 Å². The fourth-order valence-corrected chi connectivity index (χ4v) is 6.29. The highest BCUT2D eigenvalue weighted by molar-refractivity contribution is 7.91. The highest BCUT2D eigenvalue weighted by atomic mass is 35.5. The Bertz CT molecular complexity index is 625. The van der Waals surface area contributed by atoms with Crippen molar-refractivity contribution >= 4 is 34.1 Å². The van der Waals surface area contributed by atoms with Crippen molar-refractivity contribution in [3.8, 4) is 0 Å². The first-order chi connectivity index (χ1) is 11.3. The number of hydrogen-bond acceptors (Lipinski definition) is 5. The lowest BCUT2D eigenvalue weighted by atomic mass is 9.84. The third-order valence-corrected chi connectivity index (χ3v) is 7.66. The molecule has 5 atom stereocenters. The normalized spacial score (nSPS) is 35.2. The lowest BCUT2D eigenvalue weighted by Crippen LogP contribution is -2.50. The number of hydrogen-bond donors (Lipinski definition) is 2. The summed E-state index contributed by atoms with van der Waals surface area (Å²) in [5.41, 5.74) is 6.24. The van der Waals surface area contributed by atoms with Gasteiger partial charge in [-0.1, -0.05) is 0 Å². The molecule has 0 aromatic heterocycles. The lowest BCUT2D eigenvalue weighted by Gasteiger charge is -2.32. The van der Waals surface area contributed by atoms with Crippen LogP contribution in [0.25, 0.3) is 0 Å². The number of sulfone groups is 1. The van der Waals surface area contributed by atoms with Crippen LogP contribution in [0.2, 0.25) is 0 Å². The van der Waals surface area contributed by atoms with Gasteiger partial charge in [-0.3, -0.25) is 9.59 Å². The molecule has 2 amide bonds. The summed E-state index contributed by atoms with van der Waals surface area (Å²) in [6, 6.07) is -0.422. The molecule has 1 aliphatic heterocycles. The number of carbonyl (C=O) groups is 2. The number of likely N-dealkylation sites (N-methyl/N-ethyl adjacent to an activating group) is 1. The minimum atomic E-state index is -3.03. The van der Waals surface area contributed by atoms with Gasteiger partial charge in [-0.2, -0.15) is 0 Å². The molecule has 5 unspecified atom stereocenters. The Hall–Kier alpha value is -0.860. The molecule has 1 heterocycles. The molecule has 0 aromatic rings. The second kappa shape index (κ2) is 7.80. The minimum absolute atomic E-state index is 0. The fraction of sp³-hybridized carbons (Fsp3) is 0.875. The predicted molar refractivity (Wildman–Crippen MR) is 97.0 cm³/mol. The van der Waals surface area contributed by atoms with E-state index in [1.54, 1.807) is 4.90 Å². The van der Waals surface area contributed by atoms with Crippen molar-refractivity contribution in [2.45, 2.75) is 44.7 Å². The molecule has 2 aliphatic carbocycles. The first kappa shape index (κ1) is 20.5. The van der Waals surface area contributed by atoms with Crippen molar-refractivity contribution in [3.05, 3.63) is 0 Å². The Kier molecular flexibility index (Phi) is 6.38. The first-order valence-electron chi connectivity index (χ1n) is 8.85. The molecule has 3 rings (SSSR count). The van der Waals surface area contributed by atoms with E-state index in [0.29, 0.717) is 24.8 Å². The van der Waals surface area contributed by atoms with Crippen molar-refractivity contribution in [2.75, 3.05) is 24.6 Å². The molecule has 25 heavy (non-hydrogen) atoms. The summed E-state index contributed by atoms with van der Waals surface area (Å²) >= 11 is 0. The van der Waals surface area contributed by atoms with E-state index in [2.05, 4.69) is 5.32 Å². The number of halogens is 1. The van der Waals surface area contributed by atoms with Crippen LogP contribution in [-0.2, 0) is 19.4 Å². The maximum atomic E-state index is 12.8.